The van der Waals surface area contributed by atoms with Gasteiger partial charge in [0.1, 0.15) is 5.60 Å². The average molecular weight is 163 g/mol. The van der Waals surface area contributed by atoms with Crippen molar-refractivity contribution in [3.05, 3.63) is 35.9 Å². The summed E-state index contributed by atoms with van der Waals surface area (Å²) in [6, 6.07) is 10.8. The molecule has 12 heavy (non-hydrogen) atoms. The van der Waals surface area contributed by atoms with Crippen LogP contribution in [-0.2, 0) is 15.1 Å². The standard InChI is InChI=1S/C10H11O2/c1-11-10(7-12-8-10)9-5-3-2-4-6-9/h3-6H,7-8H2,1H3. The molecular formula is C10H11O2. The minimum absolute atomic E-state index is 0.185. The van der Waals surface area contributed by atoms with Crippen LogP contribution in [0.3, 0.4) is 0 Å². The van der Waals surface area contributed by atoms with Crippen molar-refractivity contribution in [3.8, 4) is 0 Å². The molecule has 0 unspecified atom stereocenters. The molecule has 1 aliphatic rings. The van der Waals surface area contributed by atoms with Gasteiger partial charge in [-0.1, -0.05) is 24.3 Å². The Labute approximate surface area is 72.1 Å². The van der Waals surface area contributed by atoms with Gasteiger partial charge in [0.05, 0.1) is 13.2 Å². The topological polar surface area (TPSA) is 18.5 Å². The van der Waals surface area contributed by atoms with Gasteiger partial charge in [-0.25, -0.2) is 0 Å². The van der Waals surface area contributed by atoms with E-state index < -0.39 is 0 Å². The van der Waals surface area contributed by atoms with Gasteiger partial charge in [-0.05, 0) is 11.6 Å². The maximum atomic E-state index is 5.42. The van der Waals surface area contributed by atoms with Crippen molar-refractivity contribution in [1.82, 2.24) is 0 Å². The summed E-state index contributed by atoms with van der Waals surface area (Å²) in [7, 11) is 1.72. The van der Waals surface area contributed by atoms with Crippen molar-refractivity contribution in [3.63, 3.8) is 0 Å². The SMILES string of the molecule is COC1(c2cc[c]cc2)COC1. The van der Waals surface area contributed by atoms with Gasteiger partial charge in [-0.15, -0.1) is 0 Å². The monoisotopic (exact) mass is 163 g/mol. The second kappa shape index (κ2) is 2.88. The zero-order valence-electron chi connectivity index (χ0n) is 7.04. The minimum Gasteiger partial charge on any atom is -0.375 e. The van der Waals surface area contributed by atoms with Gasteiger partial charge < -0.3 is 9.47 Å². The molecule has 0 atom stereocenters. The van der Waals surface area contributed by atoms with E-state index in [4.69, 9.17) is 9.47 Å². The third-order valence-corrected chi connectivity index (χ3v) is 2.31. The molecule has 2 heteroatoms. The van der Waals surface area contributed by atoms with Crippen molar-refractivity contribution >= 4 is 0 Å². The summed E-state index contributed by atoms with van der Waals surface area (Å²) in [6.07, 6.45) is 0. The molecule has 1 aromatic rings. The highest BCUT2D eigenvalue weighted by Gasteiger charge is 2.40. The maximum Gasteiger partial charge on any atom is 0.139 e. The van der Waals surface area contributed by atoms with Crippen LogP contribution in [0.4, 0.5) is 0 Å². The van der Waals surface area contributed by atoms with Gasteiger partial charge in [0.2, 0.25) is 0 Å². The first-order chi connectivity index (χ1) is 5.87. The lowest BCUT2D eigenvalue weighted by atomic mass is 9.92. The first kappa shape index (κ1) is 7.77. The van der Waals surface area contributed by atoms with E-state index in [-0.39, 0.29) is 5.60 Å². The van der Waals surface area contributed by atoms with Crippen molar-refractivity contribution in [1.29, 1.82) is 0 Å². The molecule has 0 spiro atoms. The Bertz CT molecular complexity index is 246. The average Bonchev–Trinajstić information content (AvgIpc) is 2.05. The number of ether oxygens (including phenoxy) is 2. The number of benzene rings is 1. The van der Waals surface area contributed by atoms with Crippen LogP contribution in [0.2, 0.25) is 0 Å². The zero-order valence-corrected chi connectivity index (χ0v) is 7.04. The molecule has 0 aromatic heterocycles. The second-order valence-electron chi connectivity index (χ2n) is 2.98. The molecule has 2 nitrogen and oxygen atoms in total. The molecular weight excluding hydrogens is 152 g/mol. The minimum atomic E-state index is -0.185. The van der Waals surface area contributed by atoms with Crippen LogP contribution >= 0.6 is 0 Å². The molecule has 0 aliphatic carbocycles. The van der Waals surface area contributed by atoms with Crippen LogP contribution in [0.1, 0.15) is 5.56 Å². The number of rotatable bonds is 2. The lowest BCUT2D eigenvalue weighted by molar-refractivity contribution is -0.202. The van der Waals surface area contributed by atoms with Gasteiger partial charge in [0, 0.05) is 7.11 Å². The summed E-state index contributed by atoms with van der Waals surface area (Å²) >= 11 is 0. The summed E-state index contributed by atoms with van der Waals surface area (Å²) < 4.78 is 10.6. The quantitative estimate of drug-likeness (QED) is 0.655. The third-order valence-electron chi connectivity index (χ3n) is 2.31. The van der Waals surface area contributed by atoms with E-state index in [0.717, 1.165) is 0 Å². The van der Waals surface area contributed by atoms with Crippen molar-refractivity contribution < 1.29 is 9.47 Å². The molecule has 1 saturated heterocycles. The highest BCUT2D eigenvalue weighted by atomic mass is 16.6. The van der Waals surface area contributed by atoms with Crippen molar-refractivity contribution in [2.24, 2.45) is 0 Å². The van der Waals surface area contributed by atoms with E-state index in [1.54, 1.807) is 7.11 Å². The normalized spacial score (nSPS) is 20.1. The first-order valence-corrected chi connectivity index (χ1v) is 3.97. The smallest absolute Gasteiger partial charge is 0.139 e. The highest BCUT2D eigenvalue weighted by molar-refractivity contribution is 5.24. The van der Waals surface area contributed by atoms with Gasteiger partial charge in [0.25, 0.3) is 0 Å². The molecule has 0 N–H and O–H groups in total. The molecule has 1 aromatic carbocycles. The Morgan fingerprint density at radius 2 is 2.08 bits per heavy atom. The van der Waals surface area contributed by atoms with Gasteiger partial charge >= 0.3 is 0 Å². The lowest BCUT2D eigenvalue weighted by Gasteiger charge is -2.40. The third kappa shape index (κ3) is 1.04. The molecule has 0 bridgehead atoms. The zero-order chi connectivity index (χ0) is 8.44. The van der Waals surface area contributed by atoms with Gasteiger partial charge in [-0.2, -0.15) is 0 Å². The Morgan fingerprint density at radius 3 is 2.50 bits per heavy atom. The van der Waals surface area contributed by atoms with Crippen molar-refractivity contribution in [2.45, 2.75) is 5.60 Å². The van der Waals surface area contributed by atoms with E-state index in [9.17, 15) is 0 Å². The largest absolute Gasteiger partial charge is 0.375 e. The second-order valence-corrected chi connectivity index (χ2v) is 2.98. The van der Waals surface area contributed by atoms with Crippen LogP contribution in [0.5, 0.6) is 0 Å². The van der Waals surface area contributed by atoms with Crippen LogP contribution in [0.25, 0.3) is 0 Å². The van der Waals surface area contributed by atoms with Crippen LogP contribution in [0, 0.1) is 6.07 Å². The van der Waals surface area contributed by atoms with Crippen molar-refractivity contribution in [2.75, 3.05) is 20.3 Å². The molecule has 1 radical (unpaired) electrons. The molecule has 0 saturated carbocycles. The predicted molar refractivity (Wildman–Crippen MR) is 44.8 cm³/mol. The molecule has 1 aliphatic heterocycles. The number of methoxy groups -OCH3 is 1. The van der Waals surface area contributed by atoms with E-state index in [2.05, 4.69) is 6.07 Å². The Morgan fingerprint density at radius 1 is 1.42 bits per heavy atom. The summed E-state index contributed by atoms with van der Waals surface area (Å²) in [5, 5.41) is 0. The van der Waals surface area contributed by atoms with E-state index >= 15 is 0 Å². The summed E-state index contributed by atoms with van der Waals surface area (Å²) in [5.74, 6) is 0. The van der Waals surface area contributed by atoms with Crippen LogP contribution < -0.4 is 0 Å². The maximum absolute atomic E-state index is 5.42. The van der Waals surface area contributed by atoms with Gasteiger partial charge in [-0.3, -0.25) is 0 Å². The van der Waals surface area contributed by atoms with Crippen LogP contribution in [0.15, 0.2) is 24.3 Å². The summed E-state index contributed by atoms with van der Waals surface area (Å²) in [5.41, 5.74) is 0.991. The molecule has 2 rings (SSSR count). The van der Waals surface area contributed by atoms with E-state index in [0.29, 0.717) is 13.2 Å². The fourth-order valence-corrected chi connectivity index (χ4v) is 1.38. The molecule has 63 valence electrons. The fraction of sp³-hybridized carbons (Fsp3) is 0.400. The lowest BCUT2D eigenvalue weighted by Crippen LogP contribution is -2.48. The fourth-order valence-electron chi connectivity index (χ4n) is 1.38. The predicted octanol–water partition coefficient (Wildman–Crippen LogP) is 1.36. The molecule has 1 heterocycles. The highest BCUT2D eigenvalue weighted by Crippen LogP contribution is 2.32. The molecule has 0 amide bonds. The molecule has 1 fully saturated rings. The van der Waals surface area contributed by atoms with Crippen LogP contribution in [-0.4, -0.2) is 20.3 Å². The first-order valence-electron chi connectivity index (χ1n) is 3.97. The van der Waals surface area contributed by atoms with E-state index in [1.165, 1.54) is 5.56 Å². The van der Waals surface area contributed by atoms with E-state index in [1.807, 2.05) is 24.3 Å². The Hall–Kier alpha value is -0.860. The Balaban J connectivity index is 2.28. The van der Waals surface area contributed by atoms with Gasteiger partial charge in [0.15, 0.2) is 0 Å². The summed E-state index contributed by atoms with van der Waals surface area (Å²) in [4.78, 5) is 0. The number of hydrogen-bond donors (Lipinski definition) is 0. The Kier molecular flexibility index (Phi) is 1.87. The number of hydrogen-bond acceptors (Lipinski definition) is 2. The summed E-state index contributed by atoms with van der Waals surface area (Å²) in [6.45, 7) is 1.32.